The molecule has 27 heavy (non-hydrogen) atoms. The van der Waals surface area contributed by atoms with Crippen LogP contribution in [0.25, 0.3) is 0 Å². The first-order valence-corrected chi connectivity index (χ1v) is 10.5. The standard InChI is InChI=1S/C18H26N2O6S/c1-4-27(23,24)20-13-7-5-12(6-8-13)17(21)19-16-10-9-14(25-2)11-15(16)18(22)26-3/h9-13,20H,4-8H2,1-3H3,(H,19,21). The maximum atomic E-state index is 12.6. The molecule has 1 aromatic rings. The number of hydrogen-bond donors (Lipinski definition) is 2. The Labute approximate surface area is 159 Å². The highest BCUT2D eigenvalue weighted by Crippen LogP contribution is 2.28. The van der Waals surface area contributed by atoms with Crippen LogP contribution in [0.5, 0.6) is 5.75 Å². The zero-order chi connectivity index (χ0) is 20.0. The second-order valence-corrected chi connectivity index (χ2v) is 8.50. The Morgan fingerprint density at radius 3 is 2.37 bits per heavy atom. The summed E-state index contributed by atoms with van der Waals surface area (Å²) in [6.45, 7) is 1.59. The van der Waals surface area contributed by atoms with Gasteiger partial charge in [0.05, 0.1) is 31.2 Å². The number of carbonyl (C=O) groups is 2. The highest BCUT2D eigenvalue weighted by Gasteiger charge is 2.29. The first-order chi connectivity index (χ1) is 12.8. The van der Waals surface area contributed by atoms with E-state index in [0.29, 0.717) is 37.1 Å². The van der Waals surface area contributed by atoms with E-state index in [2.05, 4.69) is 10.0 Å². The van der Waals surface area contributed by atoms with E-state index in [0.717, 1.165) is 0 Å². The van der Waals surface area contributed by atoms with E-state index in [1.807, 2.05) is 0 Å². The summed E-state index contributed by atoms with van der Waals surface area (Å²) < 4.78 is 35.9. The molecule has 0 atom stereocenters. The van der Waals surface area contributed by atoms with Crippen molar-refractivity contribution in [1.29, 1.82) is 0 Å². The first kappa shape index (κ1) is 21.2. The zero-order valence-electron chi connectivity index (χ0n) is 15.8. The summed E-state index contributed by atoms with van der Waals surface area (Å²) in [5, 5.41) is 2.79. The molecular weight excluding hydrogens is 372 g/mol. The van der Waals surface area contributed by atoms with Gasteiger partial charge in [-0.2, -0.15) is 0 Å². The van der Waals surface area contributed by atoms with E-state index in [1.165, 1.54) is 20.3 Å². The van der Waals surface area contributed by atoms with Crippen LogP contribution in [-0.4, -0.2) is 46.3 Å². The molecule has 9 heteroatoms. The SMILES string of the molecule is CCS(=O)(=O)NC1CCC(C(=O)Nc2ccc(OC)cc2C(=O)OC)CC1. The van der Waals surface area contributed by atoms with Gasteiger partial charge in [0.2, 0.25) is 15.9 Å². The zero-order valence-corrected chi connectivity index (χ0v) is 16.6. The number of carbonyl (C=O) groups excluding carboxylic acids is 2. The molecule has 0 unspecified atom stereocenters. The molecule has 1 aliphatic carbocycles. The van der Waals surface area contributed by atoms with E-state index in [1.54, 1.807) is 19.1 Å². The predicted molar refractivity (Wildman–Crippen MR) is 101 cm³/mol. The number of sulfonamides is 1. The van der Waals surface area contributed by atoms with Crippen molar-refractivity contribution in [3.8, 4) is 5.75 Å². The summed E-state index contributed by atoms with van der Waals surface area (Å²) in [6.07, 6.45) is 2.35. The maximum absolute atomic E-state index is 12.6. The molecule has 0 heterocycles. The Kier molecular flexibility index (Phi) is 7.20. The van der Waals surface area contributed by atoms with Crippen LogP contribution in [0.15, 0.2) is 18.2 Å². The number of esters is 1. The molecule has 2 rings (SSSR count). The average molecular weight is 398 g/mol. The normalized spacial score (nSPS) is 20.0. The molecule has 0 bridgehead atoms. The molecule has 0 radical (unpaired) electrons. The van der Waals surface area contributed by atoms with E-state index in [-0.39, 0.29) is 29.2 Å². The molecule has 1 aromatic carbocycles. The molecule has 1 fully saturated rings. The maximum Gasteiger partial charge on any atom is 0.340 e. The van der Waals surface area contributed by atoms with Crippen LogP contribution in [-0.2, 0) is 19.6 Å². The highest BCUT2D eigenvalue weighted by atomic mass is 32.2. The third-order valence-corrected chi connectivity index (χ3v) is 6.17. The third kappa shape index (κ3) is 5.67. The smallest absolute Gasteiger partial charge is 0.340 e. The molecule has 0 aromatic heterocycles. The Balaban J connectivity index is 2.01. The number of rotatable bonds is 7. The van der Waals surface area contributed by atoms with Crippen molar-refractivity contribution in [2.75, 3.05) is 25.3 Å². The quantitative estimate of drug-likeness (QED) is 0.679. The predicted octanol–water partition coefficient (Wildman–Crippen LogP) is 1.92. The molecule has 8 nitrogen and oxygen atoms in total. The van der Waals surface area contributed by atoms with Gasteiger partial charge in [-0.15, -0.1) is 0 Å². The fraction of sp³-hybridized carbons (Fsp3) is 0.556. The molecule has 2 N–H and O–H groups in total. The number of nitrogens with one attached hydrogen (secondary N) is 2. The second kappa shape index (κ2) is 9.18. The molecule has 0 spiro atoms. The number of ether oxygens (including phenoxy) is 2. The van der Waals surface area contributed by atoms with Crippen LogP contribution in [0.3, 0.4) is 0 Å². The summed E-state index contributed by atoms with van der Waals surface area (Å²) in [5.74, 6) is -0.470. The summed E-state index contributed by atoms with van der Waals surface area (Å²) >= 11 is 0. The van der Waals surface area contributed by atoms with Gasteiger partial charge in [-0.3, -0.25) is 4.79 Å². The van der Waals surface area contributed by atoms with Crippen molar-refractivity contribution in [2.45, 2.75) is 38.6 Å². The molecule has 1 saturated carbocycles. The van der Waals surface area contributed by atoms with Crippen molar-refractivity contribution in [3.63, 3.8) is 0 Å². The van der Waals surface area contributed by atoms with Crippen molar-refractivity contribution >= 4 is 27.6 Å². The van der Waals surface area contributed by atoms with E-state index < -0.39 is 16.0 Å². The van der Waals surface area contributed by atoms with Gasteiger partial charge in [0.25, 0.3) is 0 Å². The van der Waals surface area contributed by atoms with Crippen LogP contribution in [0.4, 0.5) is 5.69 Å². The number of amides is 1. The van der Waals surface area contributed by atoms with Gasteiger partial charge in [0, 0.05) is 12.0 Å². The molecule has 1 amide bonds. The van der Waals surface area contributed by atoms with Crippen molar-refractivity contribution in [2.24, 2.45) is 5.92 Å². The Morgan fingerprint density at radius 1 is 1.15 bits per heavy atom. The number of benzene rings is 1. The fourth-order valence-electron chi connectivity index (χ4n) is 3.08. The van der Waals surface area contributed by atoms with Gasteiger partial charge in [-0.25, -0.2) is 17.9 Å². The summed E-state index contributed by atoms with van der Waals surface area (Å²) in [5.41, 5.74) is 0.580. The molecule has 0 aliphatic heterocycles. The Morgan fingerprint density at radius 2 is 1.81 bits per heavy atom. The van der Waals surface area contributed by atoms with Crippen LogP contribution >= 0.6 is 0 Å². The summed E-state index contributed by atoms with van der Waals surface area (Å²) in [6, 6.07) is 4.63. The summed E-state index contributed by atoms with van der Waals surface area (Å²) in [7, 11) is -0.488. The lowest BCUT2D eigenvalue weighted by molar-refractivity contribution is -0.120. The Hall–Kier alpha value is -2.13. The van der Waals surface area contributed by atoms with Gasteiger partial charge in [0.1, 0.15) is 5.75 Å². The van der Waals surface area contributed by atoms with Crippen molar-refractivity contribution in [1.82, 2.24) is 4.72 Å². The van der Waals surface area contributed by atoms with Gasteiger partial charge in [-0.05, 0) is 50.8 Å². The topological polar surface area (TPSA) is 111 Å². The van der Waals surface area contributed by atoms with Gasteiger partial charge >= 0.3 is 5.97 Å². The minimum atomic E-state index is -3.24. The number of anilines is 1. The fourth-order valence-corrected chi connectivity index (χ4v) is 3.99. The lowest BCUT2D eigenvalue weighted by atomic mass is 9.86. The average Bonchev–Trinajstić information content (AvgIpc) is 2.67. The van der Waals surface area contributed by atoms with E-state index in [9.17, 15) is 18.0 Å². The number of methoxy groups -OCH3 is 2. The first-order valence-electron chi connectivity index (χ1n) is 8.86. The second-order valence-electron chi connectivity index (χ2n) is 6.46. The lowest BCUT2D eigenvalue weighted by Crippen LogP contribution is -2.40. The minimum absolute atomic E-state index is 0.0428. The third-order valence-electron chi connectivity index (χ3n) is 4.71. The number of hydrogen-bond acceptors (Lipinski definition) is 6. The van der Waals surface area contributed by atoms with Gasteiger partial charge in [-0.1, -0.05) is 0 Å². The van der Waals surface area contributed by atoms with E-state index in [4.69, 9.17) is 9.47 Å². The monoisotopic (exact) mass is 398 g/mol. The van der Waals surface area contributed by atoms with Crippen molar-refractivity contribution in [3.05, 3.63) is 23.8 Å². The molecule has 1 aliphatic rings. The molecular formula is C18H26N2O6S. The molecule has 0 saturated heterocycles. The van der Waals surface area contributed by atoms with Crippen LogP contribution in [0, 0.1) is 5.92 Å². The van der Waals surface area contributed by atoms with Crippen molar-refractivity contribution < 1.29 is 27.5 Å². The van der Waals surface area contributed by atoms with Gasteiger partial charge in [0.15, 0.2) is 0 Å². The Bertz CT molecular complexity index is 785. The highest BCUT2D eigenvalue weighted by molar-refractivity contribution is 7.89. The summed E-state index contributed by atoms with van der Waals surface area (Å²) in [4.78, 5) is 24.6. The van der Waals surface area contributed by atoms with Crippen LogP contribution < -0.4 is 14.8 Å². The van der Waals surface area contributed by atoms with E-state index >= 15 is 0 Å². The van der Waals surface area contributed by atoms with Crippen LogP contribution in [0.1, 0.15) is 43.0 Å². The minimum Gasteiger partial charge on any atom is -0.497 e. The molecule has 150 valence electrons. The largest absolute Gasteiger partial charge is 0.497 e. The lowest BCUT2D eigenvalue weighted by Gasteiger charge is -2.28. The van der Waals surface area contributed by atoms with Gasteiger partial charge < -0.3 is 14.8 Å². The van der Waals surface area contributed by atoms with Crippen LogP contribution in [0.2, 0.25) is 0 Å².